The third-order valence-electron chi connectivity index (χ3n) is 2.89. The minimum atomic E-state index is 0.0134. The molecule has 0 spiro atoms. The molecule has 0 aromatic rings. The molecule has 1 aliphatic rings. The quantitative estimate of drug-likeness (QED) is 0.579. The number of hydrogen-bond donors (Lipinski definition) is 0. The zero-order chi connectivity index (χ0) is 10.6. The maximum Gasteiger partial charge on any atom is 0.146 e. The summed E-state index contributed by atoms with van der Waals surface area (Å²) < 4.78 is 5.51. The van der Waals surface area contributed by atoms with Crippen LogP contribution < -0.4 is 0 Å². The van der Waals surface area contributed by atoms with Crippen LogP contribution in [0.3, 0.4) is 0 Å². The third-order valence-corrected chi connectivity index (χ3v) is 2.89. The molecule has 1 aliphatic carbocycles. The average molecular weight is 199 g/mol. The van der Waals surface area contributed by atoms with E-state index in [1.807, 2.05) is 18.9 Å². The Balaban J connectivity index is 2.00. The van der Waals surface area contributed by atoms with Crippen LogP contribution in [0.1, 0.15) is 26.7 Å². The van der Waals surface area contributed by atoms with Gasteiger partial charge in [-0.1, -0.05) is 0 Å². The molecule has 3 nitrogen and oxygen atoms in total. The maximum absolute atomic E-state index is 11.1. The minimum Gasteiger partial charge on any atom is -0.380 e. The summed E-state index contributed by atoms with van der Waals surface area (Å²) in [6, 6.07) is 0.0134. The van der Waals surface area contributed by atoms with Gasteiger partial charge in [0.25, 0.3) is 0 Å². The average Bonchev–Trinajstić information content (AvgIpc) is 2.94. The predicted octanol–water partition coefficient (Wildman–Crippen LogP) is 1.32. The lowest BCUT2D eigenvalue weighted by molar-refractivity contribution is -0.121. The summed E-state index contributed by atoms with van der Waals surface area (Å²) >= 11 is 0. The summed E-state index contributed by atoms with van der Waals surface area (Å²) in [6.45, 7) is 6.05. The van der Waals surface area contributed by atoms with Crippen LogP contribution in [0.4, 0.5) is 0 Å². The first-order chi connectivity index (χ1) is 6.61. The van der Waals surface area contributed by atoms with Crippen LogP contribution >= 0.6 is 0 Å². The Bertz CT molecular complexity index is 190. The molecule has 0 radical (unpaired) electrons. The maximum atomic E-state index is 11.1. The first kappa shape index (κ1) is 11.7. The number of nitrogens with zero attached hydrogens (tertiary/aromatic N) is 1. The molecular formula is C11H21NO2. The van der Waals surface area contributed by atoms with Crippen molar-refractivity contribution in [1.82, 2.24) is 4.90 Å². The summed E-state index contributed by atoms with van der Waals surface area (Å²) in [4.78, 5) is 13.1. The molecule has 1 fully saturated rings. The van der Waals surface area contributed by atoms with Crippen LogP contribution in [0.5, 0.6) is 0 Å². The van der Waals surface area contributed by atoms with Crippen LogP contribution in [0.15, 0.2) is 0 Å². The van der Waals surface area contributed by atoms with Crippen molar-refractivity contribution < 1.29 is 9.53 Å². The lowest BCUT2D eigenvalue weighted by Crippen LogP contribution is -2.36. The summed E-state index contributed by atoms with van der Waals surface area (Å²) in [5, 5.41) is 0. The standard InChI is InChI=1S/C11H21NO2/c1-9(10(2)13)12(3)6-7-14-8-11-4-5-11/h9,11H,4-8H2,1-3H3. The highest BCUT2D eigenvalue weighted by atomic mass is 16.5. The highest BCUT2D eigenvalue weighted by molar-refractivity contribution is 5.80. The van der Waals surface area contributed by atoms with Gasteiger partial charge in [-0.25, -0.2) is 0 Å². The molecule has 0 heterocycles. The van der Waals surface area contributed by atoms with E-state index in [2.05, 4.69) is 0 Å². The number of likely N-dealkylation sites (N-methyl/N-ethyl adjacent to an activating group) is 1. The van der Waals surface area contributed by atoms with Crippen molar-refractivity contribution in [3.05, 3.63) is 0 Å². The zero-order valence-corrected chi connectivity index (χ0v) is 9.45. The highest BCUT2D eigenvalue weighted by Gasteiger charge is 2.21. The summed E-state index contributed by atoms with van der Waals surface area (Å²) in [5.74, 6) is 1.04. The molecule has 0 aliphatic heterocycles. The Hall–Kier alpha value is -0.410. The molecule has 0 saturated heterocycles. The SMILES string of the molecule is CC(=O)C(C)N(C)CCOCC1CC1. The van der Waals surface area contributed by atoms with Gasteiger partial charge in [0.15, 0.2) is 0 Å². The van der Waals surface area contributed by atoms with Gasteiger partial charge >= 0.3 is 0 Å². The number of Topliss-reactive ketones (excluding diaryl/α,β-unsaturated/α-hetero) is 1. The van der Waals surface area contributed by atoms with Crippen LogP contribution in [-0.2, 0) is 9.53 Å². The first-order valence-electron chi connectivity index (χ1n) is 5.39. The number of ketones is 1. The van der Waals surface area contributed by atoms with E-state index in [0.717, 1.165) is 25.7 Å². The van der Waals surface area contributed by atoms with Crippen molar-refractivity contribution in [2.75, 3.05) is 26.8 Å². The largest absolute Gasteiger partial charge is 0.380 e. The molecule has 82 valence electrons. The van der Waals surface area contributed by atoms with E-state index in [1.54, 1.807) is 6.92 Å². The Morgan fingerprint density at radius 1 is 1.57 bits per heavy atom. The summed E-state index contributed by atoms with van der Waals surface area (Å²) in [7, 11) is 1.96. The Morgan fingerprint density at radius 3 is 2.71 bits per heavy atom. The van der Waals surface area contributed by atoms with Gasteiger partial charge in [-0.2, -0.15) is 0 Å². The van der Waals surface area contributed by atoms with Crippen molar-refractivity contribution >= 4 is 5.78 Å². The van der Waals surface area contributed by atoms with Crippen molar-refractivity contribution in [3.63, 3.8) is 0 Å². The molecular weight excluding hydrogens is 178 g/mol. The molecule has 14 heavy (non-hydrogen) atoms. The van der Waals surface area contributed by atoms with Gasteiger partial charge in [0.1, 0.15) is 5.78 Å². The highest BCUT2D eigenvalue weighted by Crippen LogP contribution is 2.28. The fourth-order valence-corrected chi connectivity index (χ4v) is 1.25. The normalized spacial score (nSPS) is 18.6. The monoisotopic (exact) mass is 199 g/mol. The summed E-state index contributed by atoms with van der Waals surface area (Å²) in [5.41, 5.74) is 0. The summed E-state index contributed by atoms with van der Waals surface area (Å²) in [6.07, 6.45) is 2.67. The van der Waals surface area contributed by atoms with E-state index in [1.165, 1.54) is 12.8 Å². The van der Waals surface area contributed by atoms with E-state index in [9.17, 15) is 4.79 Å². The second-order valence-electron chi connectivity index (χ2n) is 4.29. The smallest absolute Gasteiger partial charge is 0.146 e. The molecule has 0 amide bonds. The third kappa shape index (κ3) is 4.20. The van der Waals surface area contributed by atoms with Gasteiger partial charge in [-0.3, -0.25) is 9.69 Å². The second-order valence-corrected chi connectivity index (χ2v) is 4.29. The van der Waals surface area contributed by atoms with Crippen LogP contribution in [0, 0.1) is 5.92 Å². The van der Waals surface area contributed by atoms with Gasteiger partial charge in [-0.05, 0) is 39.7 Å². The van der Waals surface area contributed by atoms with E-state index in [0.29, 0.717) is 0 Å². The van der Waals surface area contributed by atoms with Crippen LogP contribution in [0.25, 0.3) is 0 Å². The Kier molecular flexibility index (Phi) is 4.55. The van der Waals surface area contributed by atoms with E-state index < -0.39 is 0 Å². The number of ether oxygens (including phenoxy) is 1. The van der Waals surface area contributed by atoms with Gasteiger partial charge in [0.2, 0.25) is 0 Å². The fourth-order valence-electron chi connectivity index (χ4n) is 1.25. The van der Waals surface area contributed by atoms with Gasteiger partial charge in [0, 0.05) is 13.2 Å². The van der Waals surface area contributed by atoms with Gasteiger partial charge in [-0.15, -0.1) is 0 Å². The van der Waals surface area contributed by atoms with E-state index in [-0.39, 0.29) is 11.8 Å². The molecule has 0 aromatic heterocycles. The van der Waals surface area contributed by atoms with Crippen molar-refractivity contribution in [2.45, 2.75) is 32.7 Å². The molecule has 1 saturated carbocycles. The topological polar surface area (TPSA) is 29.5 Å². The van der Waals surface area contributed by atoms with Gasteiger partial charge in [0.05, 0.1) is 12.6 Å². The van der Waals surface area contributed by atoms with Crippen molar-refractivity contribution in [2.24, 2.45) is 5.92 Å². The number of carbonyl (C=O) groups excluding carboxylic acids is 1. The molecule has 1 rings (SSSR count). The molecule has 0 N–H and O–H groups in total. The van der Waals surface area contributed by atoms with Crippen LogP contribution in [-0.4, -0.2) is 43.5 Å². The molecule has 0 aromatic carbocycles. The Labute approximate surface area is 86.4 Å². The van der Waals surface area contributed by atoms with Crippen LogP contribution in [0.2, 0.25) is 0 Å². The molecule has 1 atom stereocenters. The molecule has 0 bridgehead atoms. The second kappa shape index (κ2) is 5.47. The number of carbonyl (C=O) groups is 1. The lowest BCUT2D eigenvalue weighted by atomic mass is 10.2. The first-order valence-corrected chi connectivity index (χ1v) is 5.39. The fraction of sp³-hybridized carbons (Fsp3) is 0.909. The van der Waals surface area contributed by atoms with Crippen molar-refractivity contribution in [3.8, 4) is 0 Å². The molecule has 1 unspecified atom stereocenters. The Morgan fingerprint density at radius 2 is 2.21 bits per heavy atom. The zero-order valence-electron chi connectivity index (χ0n) is 9.45. The predicted molar refractivity (Wildman–Crippen MR) is 56.3 cm³/mol. The molecule has 3 heteroatoms. The number of rotatable bonds is 7. The lowest BCUT2D eigenvalue weighted by Gasteiger charge is -2.21. The van der Waals surface area contributed by atoms with E-state index >= 15 is 0 Å². The van der Waals surface area contributed by atoms with Crippen molar-refractivity contribution in [1.29, 1.82) is 0 Å². The van der Waals surface area contributed by atoms with Gasteiger partial charge < -0.3 is 4.74 Å². The minimum absolute atomic E-state index is 0.0134. The number of hydrogen-bond acceptors (Lipinski definition) is 3. The van der Waals surface area contributed by atoms with E-state index in [4.69, 9.17) is 4.74 Å².